The van der Waals surface area contributed by atoms with Crippen LogP contribution in [0.5, 0.6) is 5.75 Å². The SMILES string of the molecule is C=C(C)c1ccc(-c2ccc(-c3ccc(OCCCCCC)cc3)nc2)cc1. The fourth-order valence-corrected chi connectivity index (χ4v) is 3.12. The summed E-state index contributed by atoms with van der Waals surface area (Å²) in [5.74, 6) is 0.925. The van der Waals surface area contributed by atoms with Gasteiger partial charge in [-0.3, -0.25) is 4.98 Å². The molecular weight excluding hydrogens is 342 g/mol. The van der Waals surface area contributed by atoms with E-state index in [1.807, 2.05) is 25.3 Å². The van der Waals surface area contributed by atoms with Crippen LogP contribution in [0.3, 0.4) is 0 Å². The maximum atomic E-state index is 5.82. The highest BCUT2D eigenvalue weighted by atomic mass is 16.5. The second kappa shape index (κ2) is 9.89. The first kappa shape index (κ1) is 19.9. The smallest absolute Gasteiger partial charge is 0.119 e. The quantitative estimate of drug-likeness (QED) is 0.365. The van der Waals surface area contributed by atoms with Crippen molar-refractivity contribution in [2.24, 2.45) is 0 Å². The Hall–Kier alpha value is -2.87. The molecule has 2 heteroatoms. The number of hydrogen-bond donors (Lipinski definition) is 0. The summed E-state index contributed by atoms with van der Waals surface area (Å²) in [6.45, 7) is 9.02. The third-order valence-corrected chi connectivity index (χ3v) is 4.89. The molecule has 0 N–H and O–H groups in total. The molecule has 0 atom stereocenters. The van der Waals surface area contributed by atoms with Crippen LogP contribution in [0.15, 0.2) is 73.4 Å². The van der Waals surface area contributed by atoms with Crippen LogP contribution in [0.2, 0.25) is 0 Å². The van der Waals surface area contributed by atoms with Crippen LogP contribution in [0.25, 0.3) is 28.0 Å². The molecule has 0 aliphatic carbocycles. The van der Waals surface area contributed by atoms with E-state index in [2.05, 4.69) is 67.0 Å². The van der Waals surface area contributed by atoms with E-state index in [0.717, 1.165) is 46.7 Å². The van der Waals surface area contributed by atoms with Gasteiger partial charge in [-0.2, -0.15) is 0 Å². The number of ether oxygens (including phenoxy) is 1. The molecule has 0 aliphatic rings. The van der Waals surface area contributed by atoms with Gasteiger partial charge in [0.05, 0.1) is 12.3 Å². The first-order valence-corrected chi connectivity index (χ1v) is 10.1. The van der Waals surface area contributed by atoms with Gasteiger partial charge >= 0.3 is 0 Å². The zero-order valence-electron chi connectivity index (χ0n) is 16.9. The van der Waals surface area contributed by atoms with Crippen molar-refractivity contribution in [1.29, 1.82) is 0 Å². The van der Waals surface area contributed by atoms with Crippen molar-refractivity contribution < 1.29 is 4.74 Å². The molecule has 3 aromatic rings. The van der Waals surface area contributed by atoms with Crippen LogP contribution < -0.4 is 4.74 Å². The summed E-state index contributed by atoms with van der Waals surface area (Å²) < 4.78 is 5.82. The lowest BCUT2D eigenvalue weighted by molar-refractivity contribution is 0.305. The molecule has 2 nitrogen and oxygen atoms in total. The largest absolute Gasteiger partial charge is 0.494 e. The first-order chi connectivity index (χ1) is 13.7. The minimum absolute atomic E-state index is 0.788. The third kappa shape index (κ3) is 5.32. The van der Waals surface area contributed by atoms with E-state index in [4.69, 9.17) is 4.74 Å². The van der Waals surface area contributed by atoms with Crippen LogP contribution in [0, 0.1) is 0 Å². The molecule has 0 bridgehead atoms. The lowest BCUT2D eigenvalue weighted by Gasteiger charge is -2.08. The molecule has 2 aromatic carbocycles. The Balaban J connectivity index is 1.62. The normalized spacial score (nSPS) is 10.6. The highest BCUT2D eigenvalue weighted by molar-refractivity contribution is 5.70. The highest BCUT2D eigenvalue weighted by Crippen LogP contribution is 2.25. The predicted molar refractivity (Wildman–Crippen MR) is 119 cm³/mol. The number of allylic oxidation sites excluding steroid dienone is 1. The number of benzene rings is 2. The molecule has 3 rings (SSSR count). The molecule has 144 valence electrons. The van der Waals surface area contributed by atoms with Gasteiger partial charge in [-0.25, -0.2) is 0 Å². The standard InChI is InChI=1S/C26H29NO/c1-4-5-6-7-18-28-25-15-12-23(13-16-25)26-17-14-24(19-27-26)22-10-8-21(9-11-22)20(2)3/h8-17,19H,2,4-7,18H2,1,3H3. The molecule has 0 fully saturated rings. The molecule has 0 saturated heterocycles. The average Bonchev–Trinajstić information content (AvgIpc) is 2.74. The van der Waals surface area contributed by atoms with Gasteiger partial charge < -0.3 is 4.74 Å². The lowest BCUT2D eigenvalue weighted by Crippen LogP contribution is -1.97. The Morgan fingerprint density at radius 1 is 0.821 bits per heavy atom. The number of aromatic nitrogens is 1. The second-order valence-corrected chi connectivity index (χ2v) is 7.22. The predicted octanol–water partition coefficient (Wildman–Crippen LogP) is 7.41. The van der Waals surface area contributed by atoms with Gasteiger partial charge in [-0.15, -0.1) is 0 Å². The fourth-order valence-electron chi connectivity index (χ4n) is 3.12. The van der Waals surface area contributed by atoms with Gasteiger partial charge in [-0.1, -0.05) is 68.7 Å². The Labute approximate surface area is 168 Å². The number of unbranched alkanes of at least 4 members (excludes halogenated alkanes) is 3. The van der Waals surface area contributed by atoms with Crippen LogP contribution in [-0.4, -0.2) is 11.6 Å². The minimum Gasteiger partial charge on any atom is -0.494 e. The maximum absolute atomic E-state index is 5.82. The zero-order chi connectivity index (χ0) is 19.8. The van der Waals surface area contributed by atoms with E-state index in [0.29, 0.717) is 0 Å². The summed E-state index contributed by atoms with van der Waals surface area (Å²) in [5.41, 5.74) is 6.59. The molecular formula is C26H29NO. The van der Waals surface area contributed by atoms with E-state index in [1.165, 1.54) is 24.8 Å². The summed E-state index contributed by atoms with van der Waals surface area (Å²) in [5, 5.41) is 0. The van der Waals surface area contributed by atoms with Crippen LogP contribution in [-0.2, 0) is 0 Å². The molecule has 0 radical (unpaired) electrons. The molecule has 28 heavy (non-hydrogen) atoms. The molecule has 0 saturated carbocycles. The summed E-state index contributed by atoms with van der Waals surface area (Å²) >= 11 is 0. The number of nitrogens with zero attached hydrogens (tertiary/aromatic N) is 1. The molecule has 0 unspecified atom stereocenters. The van der Waals surface area contributed by atoms with Crippen molar-refractivity contribution in [2.75, 3.05) is 6.61 Å². The van der Waals surface area contributed by atoms with Crippen molar-refractivity contribution in [2.45, 2.75) is 39.5 Å². The molecule has 0 aliphatic heterocycles. The van der Waals surface area contributed by atoms with E-state index in [1.54, 1.807) is 0 Å². The zero-order valence-corrected chi connectivity index (χ0v) is 16.9. The average molecular weight is 372 g/mol. The number of hydrogen-bond acceptors (Lipinski definition) is 2. The third-order valence-electron chi connectivity index (χ3n) is 4.89. The number of pyridine rings is 1. The van der Waals surface area contributed by atoms with Gasteiger partial charge in [-0.05, 0) is 54.8 Å². The number of rotatable bonds is 9. The summed E-state index contributed by atoms with van der Waals surface area (Å²) in [4.78, 5) is 4.65. The van der Waals surface area contributed by atoms with Crippen LogP contribution in [0.1, 0.15) is 45.1 Å². The van der Waals surface area contributed by atoms with E-state index in [9.17, 15) is 0 Å². The van der Waals surface area contributed by atoms with Crippen molar-refractivity contribution in [3.63, 3.8) is 0 Å². The van der Waals surface area contributed by atoms with E-state index < -0.39 is 0 Å². The fraction of sp³-hybridized carbons (Fsp3) is 0.269. The van der Waals surface area contributed by atoms with Crippen LogP contribution in [0.4, 0.5) is 0 Å². The Morgan fingerprint density at radius 2 is 1.50 bits per heavy atom. The summed E-state index contributed by atoms with van der Waals surface area (Å²) in [6, 6.07) is 20.8. The molecule has 1 aromatic heterocycles. The van der Waals surface area contributed by atoms with Gasteiger partial charge in [0.25, 0.3) is 0 Å². The summed E-state index contributed by atoms with van der Waals surface area (Å²) in [6.07, 6.45) is 6.82. The van der Waals surface area contributed by atoms with Crippen molar-refractivity contribution in [1.82, 2.24) is 4.98 Å². The van der Waals surface area contributed by atoms with Crippen molar-refractivity contribution >= 4 is 5.57 Å². The Kier molecular flexibility index (Phi) is 7.02. The molecule has 1 heterocycles. The monoisotopic (exact) mass is 371 g/mol. The van der Waals surface area contributed by atoms with E-state index in [-0.39, 0.29) is 0 Å². The Bertz CT molecular complexity index is 877. The maximum Gasteiger partial charge on any atom is 0.119 e. The van der Waals surface area contributed by atoms with Gasteiger partial charge in [0.15, 0.2) is 0 Å². The first-order valence-electron chi connectivity index (χ1n) is 10.1. The Morgan fingerprint density at radius 3 is 2.11 bits per heavy atom. The second-order valence-electron chi connectivity index (χ2n) is 7.22. The molecule has 0 amide bonds. The van der Waals surface area contributed by atoms with E-state index >= 15 is 0 Å². The van der Waals surface area contributed by atoms with Gasteiger partial charge in [0.1, 0.15) is 5.75 Å². The highest BCUT2D eigenvalue weighted by Gasteiger charge is 2.03. The van der Waals surface area contributed by atoms with Crippen molar-refractivity contribution in [3.8, 4) is 28.1 Å². The van der Waals surface area contributed by atoms with Gasteiger partial charge in [0.2, 0.25) is 0 Å². The topological polar surface area (TPSA) is 22.1 Å². The van der Waals surface area contributed by atoms with Crippen molar-refractivity contribution in [3.05, 3.63) is 79.0 Å². The summed E-state index contributed by atoms with van der Waals surface area (Å²) in [7, 11) is 0. The van der Waals surface area contributed by atoms with Gasteiger partial charge in [0, 0.05) is 17.3 Å². The lowest BCUT2D eigenvalue weighted by atomic mass is 10.0. The van der Waals surface area contributed by atoms with Crippen LogP contribution >= 0.6 is 0 Å². The minimum atomic E-state index is 0.788. The molecule has 0 spiro atoms.